The molecule has 1 aromatic carbocycles. The molecule has 2 nitrogen and oxygen atoms in total. The van der Waals surface area contributed by atoms with Gasteiger partial charge in [-0.25, -0.2) is 0 Å². The molecule has 4 heteroatoms. The average Bonchev–Trinajstić information content (AvgIpc) is 2.14. The monoisotopic (exact) mass is 242 g/mol. The predicted octanol–water partition coefficient (Wildman–Crippen LogP) is 4.05. The van der Waals surface area contributed by atoms with Crippen LogP contribution in [0.3, 0.4) is 0 Å². The highest BCUT2D eigenvalue weighted by atomic mass is 35.5. The van der Waals surface area contributed by atoms with Gasteiger partial charge in [0.1, 0.15) is 0 Å². The summed E-state index contributed by atoms with van der Waals surface area (Å²) in [6.07, 6.45) is 3.37. The second-order valence-electron chi connectivity index (χ2n) is 3.42. The molecule has 0 saturated carbocycles. The Morgan fingerprint density at radius 2 is 1.93 bits per heavy atom. The predicted molar refractivity (Wildman–Crippen MR) is 67.4 cm³/mol. The molecule has 1 aromatic rings. The van der Waals surface area contributed by atoms with Gasteiger partial charge in [0.2, 0.25) is 0 Å². The third-order valence-corrected chi connectivity index (χ3v) is 2.15. The third-order valence-electron chi connectivity index (χ3n) is 1.59. The average molecular weight is 243 g/mol. The zero-order valence-corrected chi connectivity index (χ0v) is 10.1. The van der Waals surface area contributed by atoms with Crippen molar-refractivity contribution in [1.82, 2.24) is 0 Å². The fourth-order valence-corrected chi connectivity index (χ4v) is 1.33. The van der Waals surface area contributed by atoms with E-state index in [1.807, 2.05) is 13.8 Å². The molecule has 1 rings (SSSR count). The maximum atomic E-state index is 5.94. The molecule has 0 fully saturated rings. The van der Waals surface area contributed by atoms with Gasteiger partial charge in [0.15, 0.2) is 0 Å². The summed E-state index contributed by atoms with van der Waals surface area (Å²) in [5.74, 6) is 0.392. The molecular weight excluding hydrogens is 231 g/mol. The summed E-state index contributed by atoms with van der Waals surface area (Å²) in [6, 6.07) is 5.25. The highest BCUT2D eigenvalue weighted by molar-refractivity contribution is 6.36. The molecule has 0 aliphatic rings. The first kappa shape index (κ1) is 12.2. The molecule has 0 spiro atoms. The first-order valence-electron chi connectivity index (χ1n) is 4.61. The molecule has 0 aromatic heterocycles. The minimum atomic E-state index is 0.392. The molecule has 80 valence electrons. The normalized spacial score (nSPS) is 12.1. The van der Waals surface area contributed by atoms with Crippen molar-refractivity contribution in [1.29, 1.82) is 0 Å². The Morgan fingerprint density at radius 1 is 1.20 bits per heavy atom. The van der Waals surface area contributed by atoms with Gasteiger partial charge in [0, 0.05) is 16.8 Å². The summed E-state index contributed by atoms with van der Waals surface area (Å²) in [5, 5.41) is 8.96. The van der Waals surface area contributed by atoms with Crippen LogP contribution in [0.25, 0.3) is 0 Å². The highest BCUT2D eigenvalue weighted by Crippen LogP contribution is 2.19. The molecule has 0 radical (unpaired) electrons. The molecular formula is C11H12Cl2N2. The van der Waals surface area contributed by atoms with Gasteiger partial charge in [-0.1, -0.05) is 43.1 Å². The second kappa shape index (κ2) is 5.89. The van der Waals surface area contributed by atoms with E-state index >= 15 is 0 Å². The van der Waals surface area contributed by atoms with Crippen molar-refractivity contribution in [3.05, 3.63) is 33.8 Å². The van der Waals surface area contributed by atoms with E-state index in [-0.39, 0.29) is 0 Å². The minimum Gasteiger partial charge on any atom is -0.163 e. The Morgan fingerprint density at radius 3 is 2.53 bits per heavy atom. The summed E-state index contributed by atoms with van der Waals surface area (Å²) in [7, 11) is 0. The van der Waals surface area contributed by atoms with E-state index in [1.165, 1.54) is 0 Å². The molecule has 0 aliphatic heterocycles. The maximum absolute atomic E-state index is 5.94. The van der Waals surface area contributed by atoms with E-state index in [4.69, 9.17) is 23.2 Å². The van der Waals surface area contributed by atoms with Crippen LogP contribution >= 0.6 is 23.2 Å². The first-order chi connectivity index (χ1) is 7.09. The van der Waals surface area contributed by atoms with Crippen molar-refractivity contribution >= 4 is 35.6 Å². The van der Waals surface area contributed by atoms with Crippen molar-refractivity contribution in [2.45, 2.75) is 13.8 Å². The van der Waals surface area contributed by atoms with E-state index in [2.05, 4.69) is 10.2 Å². The number of nitrogens with zero attached hydrogens (tertiary/aromatic N) is 2. The van der Waals surface area contributed by atoms with Gasteiger partial charge in [0.05, 0.1) is 11.2 Å². The van der Waals surface area contributed by atoms with Gasteiger partial charge in [0.25, 0.3) is 0 Å². The van der Waals surface area contributed by atoms with E-state index in [0.29, 0.717) is 16.0 Å². The lowest BCUT2D eigenvalue weighted by molar-refractivity contribution is 0.900. The Kier molecular flexibility index (Phi) is 4.79. The summed E-state index contributed by atoms with van der Waals surface area (Å²) >= 11 is 11.7. The van der Waals surface area contributed by atoms with Crippen molar-refractivity contribution in [3.8, 4) is 0 Å². The van der Waals surface area contributed by atoms with Gasteiger partial charge < -0.3 is 0 Å². The zero-order valence-electron chi connectivity index (χ0n) is 8.61. The fraction of sp³-hybridized carbons (Fsp3) is 0.273. The van der Waals surface area contributed by atoms with E-state index in [1.54, 1.807) is 30.6 Å². The summed E-state index contributed by atoms with van der Waals surface area (Å²) in [5.41, 5.74) is 0.807. The quantitative estimate of drug-likeness (QED) is 0.565. The van der Waals surface area contributed by atoms with Gasteiger partial charge in [-0.15, -0.1) is 0 Å². The Balaban J connectivity index is 2.72. The lowest BCUT2D eigenvalue weighted by atomic mass is 10.2. The van der Waals surface area contributed by atoms with Gasteiger partial charge in [-0.05, 0) is 18.1 Å². The molecule has 0 saturated heterocycles. The maximum Gasteiger partial charge on any atom is 0.0582 e. The smallest absolute Gasteiger partial charge is 0.0582 e. The molecule has 15 heavy (non-hydrogen) atoms. The standard InChI is InChI=1S/C11H12Cl2N2/c1-8(2)6-14-15-7-9-3-4-10(12)5-11(9)13/h3-8H,1-2H3. The Hall–Kier alpha value is -0.860. The Labute approximate surface area is 99.6 Å². The van der Waals surface area contributed by atoms with E-state index in [0.717, 1.165) is 5.56 Å². The van der Waals surface area contributed by atoms with Crippen LogP contribution in [0.2, 0.25) is 10.0 Å². The lowest BCUT2D eigenvalue weighted by Crippen LogP contribution is -1.86. The van der Waals surface area contributed by atoms with Crippen molar-refractivity contribution in [2.75, 3.05) is 0 Å². The van der Waals surface area contributed by atoms with E-state index < -0.39 is 0 Å². The number of hydrogen-bond donors (Lipinski definition) is 0. The number of hydrogen-bond acceptors (Lipinski definition) is 2. The van der Waals surface area contributed by atoms with Crippen molar-refractivity contribution in [3.63, 3.8) is 0 Å². The van der Waals surface area contributed by atoms with Crippen LogP contribution < -0.4 is 0 Å². The highest BCUT2D eigenvalue weighted by Gasteiger charge is 1.97. The van der Waals surface area contributed by atoms with Crippen LogP contribution in [0.15, 0.2) is 28.4 Å². The molecule has 0 amide bonds. The van der Waals surface area contributed by atoms with Gasteiger partial charge in [-0.3, -0.25) is 0 Å². The molecule has 0 atom stereocenters. The van der Waals surface area contributed by atoms with Crippen molar-refractivity contribution in [2.24, 2.45) is 16.1 Å². The van der Waals surface area contributed by atoms with Gasteiger partial charge >= 0.3 is 0 Å². The zero-order chi connectivity index (χ0) is 11.3. The number of benzene rings is 1. The summed E-state index contributed by atoms with van der Waals surface area (Å²) in [6.45, 7) is 4.07. The van der Waals surface area contributed by atoms with Crippen LogP contribution in [0.5, 0.6) is 0 Å². The lowest BCUT2D eigenvalue weighted by Gasteiger charge is -1.96. The molecule has 0 heterocycles. The molecule has 0 unspecified atom stereocenters. The molecule has 0 bridgehead atoms. The molecule has 0 N–H and O–H groups in total. The largest absolute Gasteiger partial charge is 0.163 e. The second-order valence-corrected chi connectivity index (χ2v) is 4.26. The van der Waals surface area contributed by atoms with Crippen LogP contribution in [-0.4, -0.2) is 12.4 Å². The minimum absolute atomic E-state index is 0.392. The number of rotatable bonds is 3. The number of halogens is 2. The van der Waals surface area contributed by atoms with Crippen LogP contribution in [0.1, 0.15) is 19.4 Å². The van der Waals surface area contributed by atoms with Crippen LogP contribution in [0.4, 0.5) is 0 Å². The van der Waals surface area contributed by atoms with Gasteiger partial charge in [-0.2, -0.15) is 10.2 Å². The van der Waals surface area contributed by atoms with Crippen LogP contribution in [-0.2, 0) is 0 Å². The van der Waals surface area contributed by atoms with E-state index in [9.17, 15) is 0 Å². The third kappa shape index (κ3) is 4.45. The Bertz CT molecular complexity index is 384. The SMILES string of the molecule is CC(C)C=NN=Cc1ccc(Cl)cc1Cl. The summed E-state index contributed by atoms with van der Waals surface area (Å²) < 4.78 is 0. The first-order valence-corrected chi connectivity index (χ1v) is 5.37. The topological polar surface area (TPSA) is 24.7 Å². The summed E-state index contributed by atoms with van der Waals surface area (Å²) in [4.78, 5) is 0. The molecule has 0 aliphatic carbocycles. The van der Waals surface area contributed by atoms with Crippen LogP contribution in [0, 0.1) is 5.92 Å². The fourth-order valence-electron chi connectivity index (χ4n) is 0.874. The van der Waals surface area contributed by atoms with Crippen molar-refractivity contribution < 1.29 is 0 Å².